The van der Waals surface area contributed by atoms with Gasteiger partial charge in [0.15, 0.2) is 0 Å². The van der Waals surface area contributed by atoms with Crippen LogP contribution in [0, 0.1) is 0 Å². The number of nitrogens with zero attached hydrogens (tertiary/aromatic N) is 1. The van der Waals surface area contributed by atoms with Crippen LogP contribution in [0.5, 0.6) is 5.75 Å². The summed E-state index contributed by atoms with van der Waals surface area (Å²) in [4.78, 5) is 14.5. The van der Waals surface area contributed by atoms with Crippen LogP contribution in [0.1, 0.15) is 44.6 Å². The van der Waals surface area contributed by atoms with Gasteiger partial charge < -0.3 is 20.1 Å². The number of amides is 1. The molecular weight excluding hydrogens is 316 g/mol. The Balaban J connectivity index is 1.70. The maximum Gasteiger partial charge on any atom is 0.222 e. The second-order valence-corrected chi connectivity index (χ2v) is 6.85. The van der Waals surface area contributed by atoms with E-state index in [0.717, 1.165) is 44.6 Å². The zero-order chi connectivity index (χ0) is 18.1. The minimum atomic E-state index is 0.0390. The molecule has 1 aromatic rings. The number of hydrogen-bond acceptors (Lipinski definition) is 4. The van der Waals surface area contributed by atoms with Crippen molar-refractivity contribution >= 4 is 5.91 Å². The van der Waals surface area contributed by atoms with Gasteiger partial charge in [0, 0.05) is 32.2 Å². The molecule has 1 amide bonds. The fourth-order valence-corrected chi connectivity index (χ4v) is 3.34. The minimum absolute atomic E-state index is 0.0390. The van der Waals surface area contributed by atoms with E-state index in [4.69, 9.17) is 15.2 Å². The van der Waals surface area contributed by atoms with Gasteiger partial charge in [-0.2, -0.15) is 0 Å². The standard InChI is InChI=1S/C20H32N2O3/c1-16(21)19-6-3-4-13-22(19)20(23)7-5-14-25-18-10-8-17(9-11-18)12-15-24-2/h8-11,16,19H,3-7,12-15,21H2,1-2H3. The number of piperidine rings is 1. The van der Waals surface area contributed by atoms with Gasteiger partial charge >= 0.3 is 0 Å². The van der Waals surface area contributed by atoms with Gasteiger partial charge in [-0.1, -0.05) is 12.1 Å². The Morgan fingerprint density at radius 3 is 2.72 bits per heavy atom. The lowest BCUT2D eigenvalue weighted by atomic mass is 9.96. The van der Waals surface area contributed by atoms with E-state index < -0.39 is 0 Å². The van der Waals surface area contributed by atoms with Gasteiger partial charge in [-0.05, 0) is 56.7 Å². The second-order valence-electron chi connectivity index (χ2n) is 6.85. The van der Waals surface area contributed by atoms with Gasteiger partial charge in [0.2, 0.25) is 5.91 Å². The molecule has 1 aliphatic heterocycles. The summed E-state index contributed by atoms with van der Waals surface area (Å²) in [5, 5.41) is 0. The van der Waals surface area contributed by atoms with E-state index >= 15 is 0 Å². The summed E-state index contributed by atoms with van der Waals surface area (Å²) >= 11 is 0. The Morgan fingerprint density at radius 2 is 2.04 bits per heavy atom. The number of hydrogen-bond donors (Lipinski definition) is 1. The van der Waals surface area contributed by atoms with Crippen LogP contribution in [0.3, 0.4) is 0 Å². The number of rotatable bonds is 9. The minimum Gasteiger partial charge on any atom is -0.494 e. The first-order chi connectivity index (χ1) is 12.1. The Hall–Kier alpha value is -1.59. The van der Waals surface area contributed by atoms with Crippen molar-refractivity contribution in [2.75, 3.05) is 26.9 Å². The fraction of sp³-hybridized carbons (Fsp3) is 0.650. The predicted octanol–water partition coefficient (Wildman–Crippen LogP) is 2.76. The summed E-state index contributed by atoms with van der Waals surface area (Å²) in [5.74, 6) is 1.06. The number of benzene rings is 1. The molecule has 2 rings (SSSR count). The highest BCUT2D eigenvalue weighted by molar-refractivity contribution is 5.76. The van der Waals surface area contributed by atoms with Gasteiger partial charge in [0.1, 0.15) is 5.75 Å². The molecule has 0 aromatic heterocycles. The van der Waals surface area contributed by atoms with Crippen molar-refractivity contribution in [1.82, 2.24) is 4.90 Å². The van der Waals surface area contributed by atoms with Gasteiger partial charge in [-0.25, -0.2) is 0 Å². The second kappa shape index (κ2) is 10.4. The highest BCUT2D eigenvalue weighted by Gasteiger charge is 2.28. The number of methoxy groups -OCH3 is 1. The summed E-state index contributed by atoms with van der Waals surface area (Å²) in [6, 6.07) is 8.30. The van der Waals surface area contributed by atoms with Crippen LogP contribution in [0.2, 0.25) is 0 Å². The van der Waals surface area contributed by atoms with Crippen LogP contribution in [0.4, 0.5) is 0 Å². The van der Waals surface area contributed by atoms with Crippen LogP contribution in [-0.2, 0) is 16.0 Å². The van der Waals surface area contributed by atoms with Crippen LogP contribution in [0.25, 0.3) is 0 Å². The Bertz CT molecular complexity index is 516. The highest BCUT2D eigenvalue weighted by Crippen LogP contribution is 2.20. The van der Waals surface area contributed by atoms with Gasteiger partial charge in [-0.3, -0.25) is 4.79 Å². The molecule has 25 heavy (non-hydrogen) atoms. The molecule has 2 atom stereocenters. The normalized spacial score (nSPS) is 18.8. The van der Waals surface area contributed by atoms with E-state index in [2.05, 4.69) is 12.1 Å². The molecule has 140 valence electrons. The maximum absolute atomic E-state index is 12.5. The zero-order valence-corrected chi connectivity index (χ0v) is 15.6. The number of ether oxygens (including phenoxy) is 2. The molecular formula is C20H32N2O3. The van der Waals surface area contributed by atoms with Gasteiger partial charge in [0.25, 0.3) is 0 Å². The third-order valence-corrected chi connectivity index (χ3v) is 4.80. The molecule has 1 fully saturated rings. The van der Waals surface area contributed by atoms with E-state index in [1.807, 2.05) is 24.0 Å². The lowest BCUT2D eigenvalue weighted by Crippen LogP contribution is -2.51. The van der Waals surface area contributed by atoms with E-state index in [1.165, 1.54) is 12.0 Å². The first-order valence-electron chi connectivity index (χ1n) is 9.37. The lowest BCUT2D eigenvalue weighted by molar-refractivity contribution is -0.135. The quantitative estimate of drug-likeness (QED) is 0.697. The first kappa shape index (κ1) is 19.7. The maximum atomic E-state index is 12.5. The number of carbonyl (C=O) groups excluding carboxylic acids is 1. The average Bonchev–Trinajstić information content (AvgIpc) is 2.64. The van der Waals surface area contributed by atoms with Crippen LogP contribution >= 0.6 is 0 Å². The largest absolute Gasteiger partial charge is 0.494 e. The number of likely N-dealkylation sites (tertiary alicyclic amines) is 1. The number of nitrogens with two attached hydrogens (primary N) is 1. The molecule has 5 heteroatoms. The van der Waals surface area contributed by atoms with Crippen LogP contribution in [0.15, 0.2) is 24.3 Å². The van der Waals surface area contributed by atoms with Crippen LogP contribution < -0.4 is 10.5 Å². The first-order valence-corrected chi connectivity index (χ1v) is 9.37. The van der Waals surface area contributed by atoms with Crippen molar-refractivity contribution in [3.63, 3.8) is 0 Å². The summed E-state index contributed by atoms with van der Waals surface area (Å²) < 4.78 is 10.8. The van der Waals surface area contributed by atoms with E-state index in [9.17, 15) is 4.79 Å². The molecule has 0 bridgehead atoms. The summed E-state index contributed by atoms with van der Waals surface area (Å²) in [5.41, 5.74) is 7.28. The van der Waals surface area contributed by atoms with E-state index in [1.54, 1.807) is 7.11 Å². The topological polar surface area (TPSA) is 64.8 Å². The van der Waals surface area contributed by atoms with Crippen molar-refractivity contribution < 1.29 is 14.3 Å². The van der Waals surface area contributed by atoms with Crippen molar-refractivity contribution in [3.05, 3.63) is 29.8 Å². The van der Waals surface area contributed by atoms with Gasteiger partial charge in [-0.15, -0.1) is 0 Å². The van der Waals surface area contributed by atoms with Crippen molar-refractivity contribution in [1.29, 1.82) is 0 Å². The van der Waals surface area contributed by atoms with Crippen molar-refractivity contribution in [2.24, 2.45) is 5.73 Å². The summed E-state index contributed by atoms with van der Waals surface area (Å²) in [7, 11) is 1.71. The van der Waals surface area contributed by atoms with Gasteiger partial charge in [0.05, 0.1) is 13.2 Å². The molecule has 2 N–H and O–H groups in total. The fourth-order valence-electron chi connectivity index (χ4n) is 3.34. The Labute approximate surface area is 151 Å². The molecule has 0 radical (unpaired) electrons. The molecule has 1 heterocycles. The summed E-state index contributed by atoms with van der Waals surface area (Å²) in [6.07, 6.45) is 5.43. The number of carbonyl (C=O) groups is 1. The molecule has 1 saturated heterocycles. The van der Waals surface area contributed by atoms with Crippen molar-refractivity contribution in [3.8, 4) is 5.75 Å². The molecule has 1 aromatic carbocycles. The summed E-state index contributed by atoms with van der Waals surface area (Å²) in [6.45, 7) is 4.12. The molecule has 0 saturated carbocycles. The lowest BCUT2D eigenvalue weighted by Gasteiger charge is -2.38. The molecule has 0 aliphatic carbocycles. The molecule has 2 unspecified atom stereocenters. The zero-order valence-electron chi connectivity index (χ0n) is 15.6. The van der Waals surface area contributed by atoms with E-state index in [-0.39, 0.29) is 18.0 Å². The third kappa shape index (κ3) is 6.33. The molecule has 0 spiro atoms. The molecule has 1 aliphatic rings. The van der Waals surface area contributed by atoms with Crippen molar-refractivity contribution in [2.45, 2.75) is 57.5 Å². The van der Waals surface area contributed by atoms with E-state index in [0.29, 0.717) is 13.0 Å². The third-order valence-electron chi connectivity index (χ3n) is 4.80. The average molecular weight is 348 g/mol. The van der Waals surface area contributed by atoms with Crippen LogP contribution in [-0.4, -0.2) is 49.8 Å². The highest BCUT2D eigenvalue weighted by atomic mass is 16.5. The molecule has 5 nitrogen and oxygen atoms in total. The SMILES string of the molecule is COCCc1ccc(OCCCC(=O)N2CCCCC2C(C)N)cc1. The smallest absolute Gasteiger partial charge is 0.222 e. The predicted molar refractivity (Wildman–Crippen MR) is 99.8 cm³/mol. The Kier molecular flexibility index (Phi) is 8.22. The monoisotopic (exact) mass is 348 g/mol. The Morgan fingerprint density at radius 1 is 1.28 bits per heavy atom.